The molecule has 0 aliphatic heterocycles. The minimum atomic E-state index is 0.0567. The van der Waals surface area contributed by atoms with E-state index in [0.29, 0.717) is 39.0 Å². The molecule has 98 valence electrons. The molecule has 0 N–H and O–H groups in total. The van der Waals surface area contributed by atoms with Crippen LogP contribution in [0.5, 0.6) is 0 Å². The number of amides is 1. The number of carbonyl (C=O) groups excluding carboxylic acids is 1. The summed E-state index contributed by atoms with van der Waals surface area (Å²) < 4.78 is 10.0. The summed E-state index contributed by atoms with van der Waals surface area (Å²) >= 11 is 0. The molecule has 0 heterocycles. The van der Waals surface area contributed by atoms with Gasteiger partial charge in [0.15, 0.2) is 0 Å². The van der Waals surface area contributed by atoms with Crippen molar-refractivity contribution in [1.82, 2.24) is 4.90 Å². The van der Waals surface area contributed by atoms with Gasteiger partial charge in [0.1, 0.15) is 0 Å². The van der Waals surface area contributed by atoms with E-state index in [1.165, 1.54) is 0 Å². The molecule has 0 aliphatic carbocycles. The highest BCUT2D eigenvalue weighted by Crippen LogP contribution is 2.04. The minimum Gasteiger partial charge on any atom is -0.383 e. The Kier molecular flexibility index (Phi) is 9.40. The first kappa shape index (κ1) is 15.9. The quantitative estimate of drug-likeness (QED) is 0.609. The monoisotopic (exact) mass is 242 g/mol. The first-order chi connectivity index (χ1) is 8.15. The summed E-state index contributed by atoms with van der Waals surface area (Å²) in [4.78, 5) is 13.6. The van der Waals surface area contributed by atoms with Crippen molar-refractivity contribution < 1.29 is 14.3 Å². The number of hydrogen-bond acceptors (Lipinski definition) is 4. The number of hydrogen-bond donors (Lipinski definition) is 0. The van der Waals surface area contributed by atoms with Crippen LogP contribution >= 0.6 is 0 Å². The second-order valence-electron chi connectivity index (χ2n) is 3.87. The molecule has 1 atom stereocenters. The number of methoxy groups -OCH3 is 2. The molecule has 0 spiro atoms. The standard InChI is InChI=1S/C12H22N2O3/c1-11(17-3)5-6-12(15)14(8-4-7-13)9-10-16-2/h11H,4-6,8-10H2,1-3H3. The SMILES string of the molecule is COCCN(CCC#N)C(=O)CCC(C)OC. The van der Waals surface area contributed by atoms with Gasteiger partial charge < -0.3 is 14.4 Å². The largest absolute Gasteiger partial charge is 0.383 e. The van der Waals surface area contributed by atoms with Gasteiger partial charge in [-0.15, -0.1) is 0 Å². The molecular weight excluding hydrogens is 220 g/mol. The Labute approximate surface area is 103 Å². The van der Waals surface area contributed by atoms with E-state index < -0.39 is 0 Å². The average Bonchev–Trinajstić information content (AvgIpc) is 2.35. The third kappa shape index (κ3) is 7.72. The molecule has 0 bridgehead atoms. The van der Waals surface area contributed by atoms with Crippen molar-refractivity contribution in [3.05, 3.63) is 0 Å². The van der Waals surface area contributed by atoms with Gasteiger partial charge in [0.05, 0.1) is 25.2 Å². The topological polar surface area (TPSA) is 62.6 Å². The van der Waals surface area contributed by atoms with Crippen LogP contribution in [0.4, 0.5) is 0 Å². The molecule has 0 aromatic heterocycles. The van der Waals surface area contributed by atoms with Gasteiger partial charge >= 0.3 is 0 Å². The number of rotatable bonds is 9. The van der Waals surface area contributed by atoms with E-state index in [1.807, 2.05) is 13.0 Å². The van der Waals surface area contributed by atoms with Crippen LogP contribution in [0, 0.1) is 11.3 Å². The number of ether oxygens (including phenoxy) is 2. The van der Waals surface area contributed by atoms with E-state index in [0.717, 1.165) is 0 Å². The third-order valence-electron chi connectivity index (χ3n) is 2.58. The number of nitriles is 1. The Hall–Kier alpha value is -1.12. The summed E-state index contributed by atoms with van der Waals surface area (Å²) in [5.74, 6) is 0.0567. The molecule has 1 unspecified atom stereocenters. The van der Waals surface area contributed by atoms with Crippen LogP contribution in [0.1, 0.15) is 26.2 Å². The van der Waals surface area contributed by atoms with Crippen LogP contribution in [0.15, 0.2) is 0 Å². The molecule has 1 amide bonds. The maximum absolute atomic E-state index is 11.9. The molecule has 0 saturated carbocycles. The van der Waals surface area contributed by atoms with E-state index in [-0.39, 0.29) is 12.0 Å². The van der Waals surface area contributed by atoms with Gasteiger partial charge in [-0.3, -0.25) is 4.79 Å². The van der Waals surface area contributed by atoms with Crippen LogP contribution in [0.3, 0.4) is 0 Å². The Morgan fingerprint density at radius 2 is 2.12 bits per heavy atom. The predicted molar refractivity (Wildman–Crippen MR) is 64.4 cm³/mol. The lowest BCUT2D eigenvalue weighted by Crippen LogP contribution is -2.35. The van der Waals surface area contributed by atoms with Gasteiger partial charge in [-0.05, 0) is 13.3 Å². The summed E-state index contributed by atoms with van der Waals surface area (Å²) in [5.41, 5.74) is 0. The van der Waals surface area contributed by atoms with Crippen molar-refractivity contribution in [2.24, 2.45) is 0 Å². The van der Waals surface area contributed by atoms with Gasteiger partial charge in [0.25, 0.3) is 0 Å². The Morgan fingerprint density at radius 1 is 1.41 bits per heavy atom. The molecule has 5 heteroatoms. The third-order valence-corrected chi connectivity index (χ3v) is 2.58. The molecule has 0 aromatic rings. The fourth-order valence-electron chi connectivity index (χ4n) is 1.35. The van der Waals surface area contributed by atoms with Crippen molar-refractivity contribution in [2.75, 3.05) is 33.9 Å². The van der Waals surface area contributed by atoms with Crippen LogP contribution < -0.4 is 0 Å². The Bertz CT molecular complexity index is 251. The van der Waals surface area contributed by atoms with Gasteiger partial charge in [-0.2, -0.15) is 5.26 Å². The zero-order chi connectivity index (χ0) is 13.1. The smallest absolute Gasteiger partial charge is 0.222 e. The van der Waals surface area contributed by atoms with Crippen molar-refractivity contribution in [3.63, 3.8) is 0 Å². The molecule has 0 fully saturated rings. The van der Waals surface area contributed by atoms with Crippen molar-refractivity contribution in [3.8, 4) is 6.07 Å². The highest BCUT2D eigenvalue weighted by atomic mass is 16.5. The molecular formula is C12H22N2O3. The van der Waals surface area contributed by atoms with Crippen molar-refractivity contribution in [2.45, 2.75) is 32.3 Å². The van der Waals surface area contributed by atoms with E-state index in [2.05, 4.69) is 0 Å². The summed E-state index contributed by atoms with van der Waals surface area (Å²) in [6.07, 6.45) is 1.59. The lowest BCUT2D eigenvalue weighted by Gasteiger charge is -2.21. The van der Waals surface area contributed by atoms with Crippen molar-refractivity contribution >= 4 is 5.91 Å². The molecule has 5 nitrogen and oxygen atoms in total. The predicted octanol–water partition coefficient (Wildman–Crippen LogP) is 1.19. The lowest BCUT2D eigenvalue weighted by atomic mass is 10.2. The highest BCUT2D eigenvalue weighted by Gasteiger charge is 2.13. The molecule has 17 heavy (non-hydrogen) atoms. The lowest BCUT2D eigenvalue weighted by molar-refractivity contribution is -0.132. The fourth-order valence-corrected chi connectivity index (χ4v) is 1.35. The summed E-state index contributed by atoms with van der Waals surface area (Å²) in [5, 5.41) is 8.54. The maximum atomic E-state index is 11.9. The average molecular weight is 242 g/mol. The number of carbonyl (C=O) groups is 1. The molecule has 0 aromatic carbocycles. The minimum absolute atomic E-state index is 0.0567. The van der Waals surface area contributed by atoms with Gasteiger partial charge in [0, 0.05) is 33.7 Å². The summed E-state index contributed by atoms with van der Waals surface area (Å²) in [6, 6.07) is 2.05. The molecule has 0 radical (unpaired) electrons. The van der Waals surface area contributed by atoms with Crippen LogP contribution in [-0.4, -0.2) is 50.8 Å². The first-order valence-corrected chi connectivity index (χ1v) is 5.82. The van der Waals surface area contributed by atoms with E-state index in [4.69, 9.17) is 14.7 Å². The molecule has 0 rings (SSSR count). The highest BCUT2D eigenvalue weighted by molar-refractivity contribution is 5.76. The fraction of sp³-hybridized carbons (Fsp3) is 0.833. The summed E-state index contributed by atoms with van der Waals surface area (Å²) in [6.45, 7) is 3.44. The zero-order valence-electron chi connectivity index (χ0n) is 10.9. The van der Waals surface area contributed by atoms with Crippen LogP contribution in [0.25, 0.3) is 0 Å². The Morgan fingerprint density at radius 3 is 2.65 bits per heavy atom. The van der Waals surface area contributed by atoms with Crippen LogP contribution in [-0.2, 0) is 14.3 Å². The molecule has 0 saturated heterocycles. The summed E-state index contributed by atoms with van der Waals surface area (Å²) in [7, 11) is 3.23. The normalized spacial score (nSPS) is 11.9. The second-order valence-corrected chi connectivity index (χ2v) is 3.87. The zero-order valence-corrected chi connectivity index (χ0v) is 10.9. The maximum Gasteiger partial charge on any atom is 0.222 e. The van der Waals surface area contributed by atoms with E-state index >= 15 is 0 Å². The van der Waals surface area contributed by atoms with E-state index in [9.17, 15) is 4.79 Å². The molecule has 0 aliphatic rings. The second kappa shape index (κ2) is 10.1. The van der Waals surface area contributed by atoms with Gasteiger partial charge in [0.2, 0.25) is 5.91 Å². The Balaban J connectivity index is 4.07. The van der Waals surface area contributed by atoms with Crippen LogP contribution in [0.2, 0.25) is 0 Å². The first-order valence-electron chi connectivity index (χ1n) is 5.82. The van der Waals surface area contributed by atoms with Crippen molar-refractivity contribution in [1.29, 1.82) is 5.26 Å². The number of nitrogens with zero attached hydrogens (tertiary/aromatic N) is 2. The van der Waals surface area contributed by atoms with Gasteiger partial charge in [-0.1, -0.05) is 0 Å². The van der Waals surface area contributed by atoms with Gasteiger partial charge in [-0.25, -0.2) is 0 Å². The van der Waals surface area contributed by atoms with E-state index in [1.54, 1.807) is 19.1 Å².